The highest BCUT2D eigenvalue weighted by atomic mass is 32.1. The van der Waals surface area contributed by atoms with Gasteiger partial charge >= 0.3 is 6.03 Å². The van der Waals surface area contributed by atoms with E-state index in [4.69, 9.17) is 9.90 Å². The number of carboxylic acid groups (broad SMARTS) is 1. The molecule has 0 aliphatic heterocycles. The largest absolute Gasteiger partial charge is 0.481 e. The van der Waals surface area contributed by atoms with Crippen LogP contribution >= 0.6 is 11.3 Å². The Morgan fingerprint density at radius 3 is 1.24 bits per heavy atom. The van der Waals surface area contributed by atoms with Gasteiger partial charge < -0.3 is 41.1 Å². The van der Waals surface area contributed by atoms with Gasteiger partial charge in [-0.3, -0.25) is 14.8 Å². The molecule has 5 N–H and O–H groups in total. The molecule has 0 spiro atoms. The fourth-order valence-corrected chi connectivity index (χ4v) is 2.17. The molecule has 0 atom stereocenters. The minimum atomic E-state index is -0.833. The number of urea groups is 1. The average Bonchev–Trinajstić information content (AvgIpc) is 3.46. The Hall–Kier alpha value is -3.13. The molecular formula is C28H70N10O3S. The van der Waals surface area contributed by atoms with E-state index in [9.17, 15) is 4.79 Å². The van der Waals surface area contributed by atoms with Crippen LogP contribution in [0.15, 0.2) is 21.6 Å². The molecule has 1 rings (SSSR count). The Bertz CT molecular complexity index is 661. The van der Waals surface area contributed by atoms with Gasteiger partial charge in [0.2, 0.25) is 0 Å². The molecule has 256 valence electrons. The smallest absolute Gasteiger partial charge is 0.319 e. The van der Waals surface area contributed by atoms with E-state index < -0.39 is 5.97 Å². The third-order valence-corrected chi connectivity index (χ3v) is 4.29. The number of rotatable bonds is 2. The van der Waals surface area contributed by atoms with Gasteiger partial charge in [0.25, 0.3) is 5.97 Å². The molecule has 0 saturated carbocycles. The van der Waals surface area contributed by atoms with Gasteiger partial charge in [-0.2, -0.15) is 0 Å². The second-order valence-corrected chi connectivity index (χ2v) is 8.45. The summed E-state index contributed by atoms with van der Waals surface area (Å²) in [4.78, 5) is 36.8. The molecule has 0 radical (unpaired) electrons. The number of guanidine groups is 2. The van der Waals surface area contributed by atoms with Crippen LogP contribution in [0.3, 0.4) is 0 Å². The molecule has 0 bridgehead atoms. The van der Waals surface area contributed by atoms with Crippen LogP contribution in [0.5, 0.6) is 0 Å². The van der Waals surface area contributed by atoms with Gasteiger partial charge in [-0.05, 0) is 34.5 Å². The summed E-state index contributed by atoms with van der Waals surface area (Å²) in [5.41, 5.74) is 0. The Morgan fingerprint density at radius 1 is 0.857 bits per heavy atom. The summed E-state index contributed by atoms with van der Waals surface area (Å²) in [6.45, 7) is 9.90. The minimum Gasteiger partial charge on any atom is -0.481 e. The van der Waals surface area contributed by atoms with Crippen molar-refractivity contribution < 1.29 is 14.7 Å². The van der Waals surface area contributed by atoms with Crippen molar-refractivity contribution in [3.8, 4) is 0 Å². The molecule has 0 aliphatic rings. The number of aryl methyl sites for hydroxylation is 1. The first-order valence-electron chi connectivity index (χ1n) is 12.9. The van der Waals surface area contributed by atoms with Crippen LogP contribution in [0.25, 0.3) is 0 Å². The van der Waals surface area contributed by atoms with Crippen LogP contribution in [-0.4, -0.2) is 140 Å². The van der Waals surface area contributed by atoms with E-state index in [1.807, 2.05) is 86.6 Å². The maximum absolute atomic E-state index is 10.9. The second-order valence-electron chi connectivity index (χ2n) is 7.48. The number of carbonyl (C=O) groups is 2. The fraction of sp³-hybridized carbons (Fsp3) is 0.750. The van der Waals surface area contributed by atoms with Crippen LogP contribution < -0.4 is 21.3 Å². The zero-order chi connectivity index (χ0) is 33.1. The number of hydrogen-bond acceptors (Lipinski definition) is 7. The number of carboxylic acids is 1. The molecule has 42 heavy (non-hydrogen) atoms. The van der Waals surface area contributed by atoms with Crippen molar-refractivity contribution in [1.82, 2.24) is 41.0 Å². The summed E-state index contributed by atoms with van der Waals surface area (Å²) in [7, 11) is 22.0. The molecule has 1 heterocycles. The maximum Gasteiger partial charge on any atom is 0.319 e. The Kier molecular flexibility index (Phi) is 66.4. The van der Waals surface area contributed by atoms with Gasteiger partial charge in [0, 0.05) is 88.5 Å². The van der Waals surface area contributed by atoms with E-state index in [0.29, 0.717) is 0 Å². The number of thiazole rings is 1. The predicted octanol–water partition coefficient (Wildman–Crippen LogP) is 3.71. The zero-order valence-electron chi connectivity index (χ0n) is 28.4. The molecular weight excluding hydrogens is 556 g/mol. The molecule has 0 unspecified atom stereocenters. The number of hydrogen-bond donors (Lipinski definition) is 5. The van der Waals surface area contributed by atoms with Crippen LogP contribution in [0, 0.1) is 0 Å². The first-order chi connectivity index (χ1) is 18.7. The highest BCUT2D eigenvalue weighted by molar-refractivity contribution is 7.09. The number of carbonyl (C=O) groups excluding carboxylic acids is 1. The number of aliphatic carboxylic acids is 1. The van der Waals surface area contributed by atoms with Crippen molar-refractivity contribution in [3.05, 3.63) is 16.6 Å². The summed E-state index contributed by atoms with van der Waals surface area (Å²) < 4.78 is 0. The molecule has 0 aliphatic carbocycles. The van der Waals surface area contributed by atoms with Crippen molar-refractivity contribution in [2.75, 3.05) is 91.1 Å². The number of aliphatic imine (C=N–C) groups is 2. The quantitative estimate of drug-likeness (QED) is 0.245. The lowest BCUT2D eigenvalue weighted by molar-refractivity contribution is -0.134. The van der Waals surface area contributed by atoms with Crippen LogP contribution in [0.4, 0.5) is 4.79 Å². The third kappa shape index (κ3) is 61.1. The Labute approximate surface area is 264 Å². The fourth-order valence-electron chi connectivity index (χ4n) is 1.60. The summed E-state index contributed by atoms with van der Waals surface area (Å²) in [5, 5.41) is 22.0. The number of amides is 2. The monoisotopic (exact) mass is 627 g/mol. The van der Waals surface area contributed by atoms with Crippen LogP contribution in [0.1, 0.15) is 54.5 Å². The summed E-state index contributed by atoms with van der Waals surface area (Å²) in [6.07, 6.45) is 2.90. The first-order valence-corrected chi connectivity index (χ1v) is 13.8. The highest BCUT2D eigenvalue weighted by Crippen LogP contribution is 2.02. The molecule has 13 nitrogen and oxygen atoms in total. The van der Waals surface area contributed by atoms with Gasteiger partial charge in [0.1, 0.15) is 0 Å². The lowest BCUT2D eigenvalue weighted by atomic mass is 10.5. The molecule has 0 aromatic carbocycles. The van der Waals surface area contributed by atoms with Crippen LogP contribution in [0.2, 0.25) is 0 Å². The predicted molar refractivity (Wildman–Crippen MR) is 190 cm³/mol. The average molecular weight is 627 g/mol. The van der Waals surface area contributed by atoms with Crippen molar-refractivity contribution >= 4 is 35.3 Å². The van der Waals surface area contributed by atoms with E-state index >= 15 is 0 Å². The van der Waals surface area contributed by atoms with Crippen LogP contribution in [-0.2, 0) is 11.2 Å². The number of aromatic nitrogens is 1. The van der Waals surface area contributed by atoms with E-state index in [-0.39, 0.29) is 20.9 Å². The van der Waals surface area contributed by atoms with Crippen molar-refractivity contribution in [2.24, 2.45) is 9.98 Å². The second kappa shape index (κ2) is 47.6. The maximum atomic E-state index is 10.9. The summed E-state index contributed by atoms with van der Waals surface area (Å²) >= 11 is 1.71. The van der Waals surface area contributed by atoms with Gasteiger partial charge in [0.15, 0.2) is 11.9 Å². The van der Waals surface area contributed by atoms with E-state index in [1.165, 1.54) is 5.01 Å². The standard InChI is InChI=1S/C6H14N2O.C5H7NS.2C4H11N3.C3H9N.C2H4O2.C2H6.2CH4/c1-5-8(4)6(9)7(2)3;1-2-5-6-3-4-7-5;2*1-5-4(6-2)7-3;1-4(2)3;1-2(3)4;1-2;;/h5H2,1-4H3;3-4H,2H2,1H3;2*1-3H3,(H2,5,6,7);1-3H3;1H3,(H,3,4);1-2H3;2*1H4. The normalized spacial score (nSPS) is 7.48. The first kappa shape index (κ1) is 58.5. The lowest BCUT2D eigenvalue weighted by Crippen LogP contribution is -2.35. The van der Waals surface area contributed by atoms with Gasteiger partial charge in [-0.25, -0.2) is 9.78 Å². The van der Waals surface area contributed by atoms with Crippen molar-refractivity contribution in [3.63, 3.8) is 0 Å². The van der Waals surface area contributed by atoms with Gasteiger partial charge in [-0.15, -0.1) is 11.3 Å². The van der Waals surface area contributed by atoms with E-state index in [0.717, 1.165) is 31.8 Å². The minimum absolute atomic E-state index is 0. The van der Waals surface area contributed by atoms with E-state index in [1.54, 1.807) is 56.4 Å². The number of nitrogens with zero attached hydrogens (tertiary/aromatic N) is 6. The highest BCUT2D eigenvalue weighted by Gasteiger charge is 2.06. The van der Waals surface area contributed by atoms with Crippen molar-refractivity contribution in [2.45, 2.75) is 55.9 Å². The van der Waals surface area contributed by atoms with Gasteiger partial charge in [-0.1, -0.05) is 35.6 Å². The van der Waals surface area contributed by atoms with E-state index in [2.05, 4.69) is 43.2 Å². The Balaban J connectivity index is -0.0000000549. The zero-order valence-corrected chi connectivity index (χ0v) is 29.2. The molecule has 1 aromatic rings. The summed E-state index contributed by atoms with van der Waals surface area (Å²) in [5.74, 6) is 0.778. The molecule has 1 aromatic heterocycles. The topological polar surface area (TPSA) is 150 Å². The molecule has 0 saturated heterocycles. The SMILES string of the molecule is C.C.CC.CC(=O)O.CCN(C)C(=O)N(C)C.CCc1nccs1.CN(C)C.CN=C(NC)NC.CN=C(NC)NC. The number of nitrogens with one attached hydrogen (secondary N) is 4. The lowest BCUT2D eigenvalue weighted by Gasteiger charge is -2.19. The van der Waals surface area contributed by atoms with Gasteiger partial charge in [0.05, 0.1) is 5.01 Å². The third-order valence-electron chi connectivity index (χ3n) is 3.36. The molecule has 14 heteroatoms. The molecule has 2 amide bonds. The molecule has 0 fully saturated rings. The Morgan fingerprint density at radius 2 is 1.17 bits per heavy atom. The van der Waals surface area contributed by atoms with Crippen molar-refractivity contribution in [1.29, 1.82) is 0 Å². The summed E-state index contributed by atoms with van der Waals surface area (Å²) in [6, 6.07) is 0.0532.